The van der Waals surface area contributed by atoms with Crippen LogP contribution in [0.1, 0.15) is 54.2 Å². The van der Waals surface area contributed by atoms with Crippen LogP contribution in [0.4, 0.5) is 13.2 Å². The summed E-state index contributed by atoms with van der Waals surface area (Å²) >= 11 is 9.15. The second-order valence-corrected chi connectivity index (χ2v) is 9.67. The van der Waals surface area contributed by atoms with E-state index in [1.807, 2.05) is 0 Å². The van der Waals surface area contributed by atoms with Crippen LogP contribution >= 0.6 is 27.5 Å². The SMILES string of the molecule is Cc1cc(C2=NOC(c3cc(Cl)cc(Br)c3)(C(F)(F)F)C2)ccc1C(=O)OC(C)(C)C. The van der Waals surface area contributed by atoms with E-state index in [4.69, 9.17) is 21.2 Å². The highest BCUT2D eigenvalue weighted by molar-refractivity contribution is 9.10. The van der Waals surface area contributed by atoms with Gasteiger partial charge in [-0.25, -0.2) is 4.79 Å². The molecule has 0 spiro atoms. The molecule has 0 N–H and O–H groups in total. The van der Waals surface area contributed by atoms with Crippen molar-refractivity contribution in [2.45, 2.75) is 51.5 Å². The van der Waals surface area contributed by atoms with Crippen molar-refractivity contribution in [3.8, 4) is 0 Å². The summed E-state index contributed by atoms with van der Waals surface area (Å²) in [6.07, 6.45) is -5.28. The monoisotopic (exact) mass is 517 g/mol. The Morgan fingerprint density at radius 1 is 1.19 bits per heavy atom. The van der Waals surface area contributed by atoms with Crippen molar-refractivity contribution in [1.82, 2.24) is 0 Å². The first kappa shape index (κ1) is 23.6. The summed E-state index contributed by atoms with van der Waals surface area (Å²) < 4.78 is 48.2. The van der Waals surface area contributed by atoms with Crippen molar-refractivity contribution in [3.05, 3.63) is 68.1 Å². The van der Waals surface area contributed by atoms with E-state index < -0.39 is 29.8 Å². The van der Waals surface area contributed by atoms with Gasteiger partial charge in [-0.2, -0.15) is 13.2 Å². The van der Waals surface area contributed by atoms with Crippen molar-refractivity contribution < 1.29 is 27.5 Å². The molecule has 2 aromatic rings. The normalized spacial score (nSPS) is 19.1. The van der Waals surface area contributed by atoms with Gasteiger partial charge in [-0.05, 0) is 69.2 Å². The molecule has 1 atom stereocenters. The Morgan fingerprint density at radius 2 is 1.87 bits per heavy atom. The lowest BCUT2D eigenvalue weighted by Crippen LogP contribution is -2.42. The van der Waals surface area contributed by atoms with Gasteiger partial charge in [0, 0.05) is 21.5 Å². The van der Waals surface area contributed by atoms with Crippen molar-refractivity contribution in [3.63, 3.8) is 0 Å². The quantitative estimate of drug-likeness (QED) is 0.413. The molecule has 166 valence electrons. The van der Waals surface area contributed by atoms with Crippen LogP contribution in [0.2, 0.25) is 5.02 Å². The second-order valence-electron chi connectivity index (χ2n) is 8.32. The maximum atomic E-state index is 14.1. The summed E-state index contributed by atoms with van der Waals surface area (Å²) in [6.45, 7) is 6.95. The molecule has 0 fully saturated rings. The molecule has 0 aromatic heterocycles. The number of hydrogen-bond acceptors (Lipinski definition) is 4. The number of halogens is 5. The minimum absolute atomic E-state index is 0.118. The Bertz CT molecular complexity index is 1040. The molecule has 31 heavy (non-hydrogen) atoms. The molecular formula is C22H20BrClF3NO3. The smallest absolute Gasteiger partial charge is 0.435 e. The molecule has 0 saturated carbocycles. The zero-order valence-electron chi connectivity index (χ0n) is 17.2. The van der Waals surface area contributed by atoms with Crippen LogP contribution in [0.5, 0.6) is 0 Å². The lowest BCUT2D eigenvalue weighted by atomic mass is 9.86. The van der Waals surface area contributed by atoms with Crippen LogP contribution in [0.3, 0.4) is 0 Å². The number of nitrogens with zero attached hydrogens (tertiary/aromatic N) is 1. The van der Waals surface area contributed by atoms with E-state index in [0.717, 1.165) is 0 Å². The predicted molar refractivity (Wildman–Crippen MR) is 115 cm³/mol. The molecule has 0 amide bonds. The fraction of sp³-hybridized carbons (Fsp3) is 0.364. The lowest BCUT2D eigenvalue weighted by Gasteiger charge is -2.29. The molecule has 0 saturated heterocycles. The van der Waals surface area contributed by atoms with Gasteiger partial charge in [-0.15, -0.1) is 0 Å². The van der Waals surface area contributed by atoms with E-state index in [1.165, 1.54) is 30.3 Å². The molecule has 0 radical (unpaired) electrons. The molecule has 1 aliphatic rings. The van der Waals surface area contributed by atoms with Gasteiger partial charge in [-0.3, -0.25) is 0 Å². The Morgan fingerprint density at radius 3 is 2.42 bits per heavy atom. The number of carbonyl (C=O) groups is 1. The first-order valence-corrected chi connectivity index (χ1v) is 10.5. The van der Waals surface area contributed by atoms with Crippen LogP contribution < -0.4 is 0 Å². The first-order valence-electron chi connectivity index (χ1n) is 9.34. The summed E-state index contributed by atoms with van der Waals surface area (Å²) in [5.41, 5.74) is -2.04. The molecule has 9 heteroatoms. The van der Waals surface area contributed by atoms with E-state index in [1.54, 1.807) is 33.8 Å². The van der Waals surface area contributed by atoms with Gasteiger partial charge in [0.25, 0.3) is 5.60 Å². The standard InChI is InChI=1S/C22H20BrClF3NO3/c1-12-7-13(5-6-17(12)19(29)30-20(2,3)4)18-11-21(31-28-18,22(25,26)27)14-8-15(23)10-16(24)9-14/h5-10H,11H2,1-4H3. The number of ether oxygens (including phenoxy) is 1. The van der Waals surface area contributed by atoms with E-state index in [9.17, 15) is 18.0 Å². The van der Waals surface area contributed by atoms with Crippen LogP contribution in [0, 0.1) is 6.92 Å². The highest BCUT2D eigenvalue weighted by atomic mass is 79.9. The van der Waals surface area contributed by atoms with Gasteiger partial charge >= 0.3 is 12.1 Å². The van der Waals surface area contributed by atoms with E-state index in [2.05, 4.69) is 21.1 Å². The molecule has 0 aliphatic carbocycles. The van der Waals surface area contributed by atoms with Crippen molar-refractivity contribution in [1.29, 1.82) is 0 Å². The van der Waals surface area contributed by atoms with Gasteiger partial charge in [0.2, 0.25) is 0 Å². The van der Waals surface area contributed by atoms with Crippen LogP contribution in [-0.2, 0) is 15.2 Å². The number of hydrogen-bond donors (Lipinski definition) is 0. The molecule has 3 rings (SSSR count). The van der Waals surface area contributed by atoms with E-state index in [-0.39, 0.29) is 16.3 Å². The second kappa shape index (κ2) is 8.13. The van der Waals surface area contributed by atoms with Gasteiger partial charge in [0.1, 0.15) is 5.60 Å². The maximum Gasteiger partial charge on any atom is 0.435 e. The number of oxime groups is 1. The topological polar surface area (TPSA) is 47.9 Å². The summed E-state index contributed by atoms with van der Waals surface area (Å²) in [7, 11) is 0. The number of carbonyl (C=O) groups excluding carboxylic acids is 1. The third kappa shape index (κ3) is 4.90. The van der Waals surface area contributed by atoms with Crippen LogP contribution in [0.15, 0.2) is 46.0 Å². The molecule has 2 aromatic carbocycles. The molecule has 1 aliphatic heterocycles. The minimum atomic E-state index is -4.74. The molecule has 4 nitrogen and oxygen atoms in total. The summed E-state index contributed by atoms with van der Waals surface area (Å²) in [5, 5.41) is 3.90. The fourth-order valence-electron chi connectivity index (χ4n) is 3.25. The van der Waals surface area contributed by atoms with Crippen molar-refractivity contribution in [2.75, 3.05) is 0 Å². The van der Waals surface area contributed by atoms with Gasteiger partial charge in [0.15, 0.2) is 0 Å². The molecule has 1 heterocycles. The average molecular weight is 519 g/mol. The van der Waals surface area contributed by atoms with Crippen LogP contribution in [-0.4, -0.2) is 23.5 Å². The van der Waals surface area contributed by atoms with Crippen LogP contribution in [0.25, 0.3) is 0 Å². The zero-order chi connectivity index (χ0) is 23.2. The Kier molecular flexibility index (Phi) is 6.19. The van der Waals surface area contributed by atoms with E-state index in [0.29, 0.717) is 21.2 Å². The highest BCUT2D eigenvalue weighted by Gasteiger charge is 2.62. The van der Waals surface area contributed by atoms with Crippen molar-refractivity contribution >= 4 is 39.2 Å². The Labute approximate surface area is 191 Å². The first-order chi connectivity index (χ1) is 14.2. The third-order valence-corrected chi connectivity index (χ3v) is 5.37. The summed E-state index contributed by atoms with van der Waals surface area (Å²) in [6, 6.07) is 8.68. The largest absolute Gasteiger partial charge is 0.456 e. The zero-order valence-corrected chi connectivity index (χ0v) is 19.6. The fourth-order valence-corrected chi connectivity index (χ4v) is 4.11. The lowest BCUT2D eigenvalue weighted by molar-refractivity contribution is -0.275. The molecule has 1 unspecified atom stereocenters. The third-order valence-electron chi connectivity index (χ3n) is 4.69. The highest BCUT2D eigenvalue weighted by Crippen LogP contribution is 2.49. The summed E-state index contributed by atoms with van der Waals surface area (Å²) in [5.74, 6) is -0.505. The van der Waals surface area contributed by atoms with E-state index >= 15 is 0 Å². The van der Waals surface area contributed by atoms with Gasteiger partial charge in [0.05, 0.1) is 11.3 Å². The minimum Gasteiger partial charge on any atom is -0.456 e. The average Bonchev–Trinajstić information content (AvgIpc) is 3.06. The van der Waals surface area contributed by atoms with Gasteiger partial charge < -0.3 is 9.57 Å². The van der Waals surface area contributed by atoms with Crippen molar-refractivity contribution in [2.24, 2.45) is 5.16 Å². The number of aryl methyl sites for hydroxylation is 1. The summed E-state index contributed by atoms with van der Waals surface area (Å²) in [4.78, 5) is 17.4. The Hall–Kier alpha value is -2.06. The molecular weight excluding hydrogens is 499 g/mol. The number of benzene rings is 2. The molecule has 0 bridgehead atoms. The predicted octanol–water partition coefficient (Wildman–Crippen LogP) is 6.95. The maximum absolute atomic E-state index is 14.1. The number of rotatable bonds is 3. The number of esters is 1. The number of alkyl halides is 3. The Balaban J connectivity index is 1.94. The van der Waals surface area contributed by atoms with Gasteiger partial charge in [-0.1, -0.05) is 38.8 Å².